The van der Waals surface area contributed by atoms with E-state index in [4.69, 9.17) is 9.72 Å². The fourth-order valence-corrected chi connectivity index (χ4v) is 3.79. The second-order valence-corrected chi connectivity index (χ2v) is 8.22. The molecule has 0 bridgehead atoms. The van der Waals surface area contributed by atoms with Gasteiger partial charge in [-0.3, -0.25) is 4.79 Å². The Balaban J connectivity index is 1.51. The van der Waals surface area contributed by atoms with Crippen LogP contribution >= 0.6 is 0 Å². The molecule has 0 aliphatic heterocycles. The molecule has 1 aromatic heterocycles. The van der Waals surface area contributed by atoms with E-state index in [9.17, 15) is 4.79 Å². The minimum Gasteiger partial charge on any atom is -0.494 e. The van der Waals surface area contributed by atoms with E-state index in [0.717, 1.165) is 62.3 Å². The Labute approximate surface area is 191 Å². The van der Waals surface area contributed by atoms with E-state index >= 15 is 0 Å². The second-order valence-electron chi connectivity index (χ2n) is 8.22. The average Bonchev–Trinajstić information content (AvgIpc) is 3.13. The van der Waals surface area contributed by atoms with Crippen LogP contribution in [0.2, 0.25) is 0 Å². The summed E-state index contributed by atoms with van der Waals surface area (Å²) in [4.78, 5) is 16.4. The molecule has 1 heterocycles. The molecule has 1 amide bonds. The molecule has 2 aromatic carbocycles. The third-order valence-corrected chi connectivity index (χ3v) is 5.70. The molecule has 5 nitrogen and oxygen atoms in total. The summed E-state index contributed by atoms with van der Waals surface area (Å²) in [6.07, 6.45) is 8.29. The van der Waals surface area contributed by atoms with Crippen molar-refractivity contribution in [1.82, 2.24) is 14.9 Å². The van der Waals surface area contributed by atoms with Crippen molar-refractivity contribution < 1.29 is 9.53 Å². The van der Waals surface area contributed by atoms with Crippen molar-refractivity contribution in [3.8, 4) is 5.75 Å². The molecule has 0 aliphatic carbocycles. The molecule has 5 heteroatoms. The quantitative estimate of drug-likeness (QED) is 0.302. The van der Waals surface area contributed by atoms with Crippen LogP contribution in [0.1, 0.15) is 49.6 Å². The van der Waals surface area contributed by atoms with Gasteiger partial charge in [0.15, 0.2) is 0 Å². The topological polar surface area (TPSA) is 56.2 Å². The summed E-state index contributed by atoms with van der Waals surface area (Å²) in [6.45, 7) is 8.37. The average molecular weight is 434 g/mol. The van der Waals surface area contributed by atoms with Crippen LogP contribution in [0, 0.1) is 13.8 Å². The van der Waals surface area contributed by atoms with E-state index < -0.39 is 0 Å². The van der Waals surface area contributed by atoms with Gasteiger partial charge in [0.1, 0.15) is 11.6 Å². The smallest absolute Gasteiger partial charge is 0.243 e. The van der Waals surface area contributed by atoms with E-state index in [0.29, 0.717) is 6.61 Å². The Hall–Kier alpha value is -3.08. The molecule has 32 heavy (non-hydrogen) atoms. The molecule has 0 saturated heterocycles. The first kappa shape index (κ1) is 23.6. The number of aromatic nitrogens is 2. The van der Waals surface area contributed by atoms with Crippen LogP contribution in [0.3, 0.4) is 0 Å². The first-order chi connectivity index (χ1) is 15.6. The van der Waals surface area contributed by atoms with Crippen molar-refractivity contribution in [2.75, 3.05) is 13.2 Å². The summed E-state index contributed by atoms with van der Waals surface area (Å²) >= 11 is 0. The predicted octanol–water partition coefficient (Wildman–Crippen LogP) is 5.53. The lowest BCUT2D eigenvalue weighted by atomic mass is 10.1. The van der Waals surface area contributed by atoms with Gasteiger partial charge in [0, 0.05) is 19.5 Å². The lowest BCUT2D eigenvalue weighted by Gasteiger charge is -2.11. The maximum absolute atomic E-state index is 11.5. The number of amides is 1. The monoisotopic (exact) mass is 433 g/mol. The molecule has 0 fully saturated rings. The van der Waals surface area contributed by atoms with Crippen molar-refractivity contribution >= 4 is 16.9 Å². The number of unbranched alkanes of at least 4 members (excludes halogenated alkanes) is 2. The summed E-state index contributed by atoms with van der Waals surface area (Å²) in [5, 5.41) is 2.91. The number of para-hydroxylation sites is 2. The van der Waals surface area contributed by atoms with Gasteiger partial charge in [-0.1, -0.05) is 30.7 Å². The maximum Gasteiger partial charge on any atom is 0.243 e. The molecule has 0 atom stereocenters. The van der Waals surface area contributed by atoms with Crippen LogP contribution in [0.5, 0.6) is 5.75 Å². The zero-order chi connectivity index (χ0) is 22.8. The Morgan fingerprint density at radius 1 is 1.06 bits per heavy atom. The van der Waals surface area contributed by atoms with Gasteiger partial charge in [0.25, 0.3) is 0 Å². The summed E-state index contributed by atoms with van der Waals surface area (Å²) in [6, 6.07) is 14.6. The lowest BCUT2D eigenvalue weighted by molar-refractivity contribution is -0.116. The Bertz CT molecular complexity index is 1050. The van der Waals surface area contributed by atoms with E-state index in [1.54, 1.807) is 12.2 Å². The molecule has 170 valence electrons. The number of hydrogen-bond acceptors (Lipinski definition) is 3. The molecule has 3 aromatic rings. The zero-order valence-electron chi connectivity index (χ0n) is 19.6. The van der Waals surface area contributed by atoms with Gasteiger partial charge in [-0.25, -0.2) is 4.98 Å². The van der Waals surface area contributed by atoms with Crippen molar-refractivity contribution in [2.45, 2.75) is 59.4 Å². The van der Waals surface area contributed by atoms with Gasteiger partial charge in [0.2, 0.25) is 5.91 Å². The third kappa shape index (κ3) is 6.71. The molecule has 0 radical (unpaired) electrons. The van der Waals surface area contributed by atoms with Crippen LogP contribution in [0.15, 0.2) is 54.6 Å². The summed E-state index contributed by atoms with van der Waals surface area (Å²) < 4.78 is 8.32. The highest BCUT2D eigenvalue weighted by Crippen LogP contribution is 2.20. The Kier molecular flexibility index (Phi) is 8.90. The molecule has 0 spiro atoms. The van der Waals surface area contributed by atoms with Crippen molar-refractivity contribution in [2.24, 2.45) is 0 Å². The zero-order valence-corrected chi connectivity index (χ0v) is 19.6. The van der Waals surface area contributed by atoms with Gasteiger partial charge in [-0.05, 0) is 81.5 Å². The number of imidazole rings is 1. The number of carbonyl (C=O) groups is 1. The normalized spacial score (nSPS) is 11.3. The Morgan fingerprint density at radius 3 is 2.72 bits per heavy atom. The van der Waals surface area contributed by atoms with Gasteiger partial charge in [0.05, 0.1) is 17.6 Å². The SMILES string of the molecule is C/C=C/C(=O)NCCCCCc1nc2ccccc2n1CCCOc1ccc(C)c(C)c1. The number of rotatable bonds is 12. The highest BCUT2D eigenvalue weighted by Gasteiger charge is 2.10. The molecule has 1 N–H and O–H groups in total. The number of aryl methyl sites for hydroxylation is 4. The summed E-state index contributed by atoms with van der Waals surface area (Å²) in [5.74, 6) is 2.05. The largest absolute Gasteiger partial charge is 0.494 e. The van der Waals surface area contributed by atoms with Gasteiger partial charge in [-0.2, -0.15) is 0 Å². The standard InChI is InChI=1S/C27H35N3O2/c1-4-11-27(31)28-17-9-5-6-14-26-29-24-12-7-8-13-25(24)30(26)18-10-19-32-23-16-15-21(2)22(3)20-23/h4,7-8,11-13,15-16,20H,5-6,9-10,14,17-19H2,1-3H3,(H,28,31)/b11-4+. The number of allylic oxidation sites excluding steroid dienone is 1. The van der Waals surface area contributed by atoms with E-state index in [-0.39, 0.29) is 5.91 Å². The number of nitrogens with zero attached hydrogens (tertiary/aromatic N) is 2. The lowest BCUT2D eigenvalue weighted by Crippen LogP contribution is -2.21. The second kappa shape index (κ2) is 12.1. The van der Waals surface area contributed by atoms with Crippen molar-refractivity contribution in [3.05, 3.63) is 71.6 Å². The molecular formula is C27H35N3O2. The number of nitrogens with one attached hydrogen (secondary N) is 1. The number of carbonyl (C=O) groups excluding carboxylic acids is 1. The minimum absolute atomic E-state index is 0.0164. The van der Waals surface area contributed by atoms with Crippen molar-refractivity contribution in [3.63, 3.8) is 0 Å². The molecular weight excluding hydrogens is 398 g/mol. The van der Waals surface area contributed by atoms with Gasteiger partial charge in [-0.15, -0.1) is 0 Å². The summed E-state index contributed by atoms with van der Waals surface area (Å²) in [7, 11) is 0. The number of ether oxygens (including phenoxy) is 1. The number of fused-ring (bicyclic) bond motifs is 1. The summed E-state index contributed by atoms with van der Waals surface area (Å²) in [5.41, 5.74) is 4.78. The Morgan fingerprint density at radius 2 is 1.91 bits per heavy atom. The number of benzene rings is 2. The molecule has 0 unspecified atom stereocenters. The first-order valence-corrected chi connectivity index (χ1v) is 11.6. The molecule has 3 rings (SSSR count). The van der Waals surface area contributed by atoms with Crippen LogP contribution in [0.25, 0.3) is 11.0 Å². The third-order valence-electron chi connectivity index (χ3n) is 5.70. The van der Waals surface area contributed by atoms with Crippen LogP contribution in [-0.2, 0) is 17.8 Å². The highest BCUT2D eigenvalue weighted by molar-refractivity contribution is 5.87. The van der Waals surface area contributed by atoms with Crippen LogP contribution < -0.4 is 10.1 Å². The van der Waals surface area contributed by atoms with E-state index in [2.05, 4.69) is 54.1 Å². The number of hydrogen-bond donors (Lipinski definition) is 1. The fourth-order valence-electron chi connectivity index (χ4n) is 3.79. The molecule has 0 saturated carbocycles. The molecule has 0 aliphatic rings. The van der Waals surface area contributed by atoms with Crippen molar-refractivity contribution in [1.29, 1.82) is 0 Å². The minimum atomic E-state index is -0.0164. The van der Waals surface area contributed by atoms with E-state index in [1.807, 2.05) is 19.1 Å². The van der Waals surface area contributed by atoms with Crippen LogP contribution in [0.4, 0.5) is 0 Å². The maximum atomic E-state index is 11.5. The first-order valence-electron chi connectivity index (χ1n) is 11.6. The van der Waals surface area contributed by atoms with Crippen LogP contribution in [-0.4, -0.2) is 28.6 Å². The van der Waals surface area contributed by atoms with Gasteiger partial charge >= 0.3 is 0 Å². The van der Waals surface area contributed by atoms with E-state index in [1.165, 1.54) is 16.6 Å². The predicted molar refractivity (Wildman–Crippen MR) is 131 cm³/mol. The highest BCUT2D eigenvalue weighted by atomic mass is 16.5. The van der Waals surface area contributed by atoms with Gasteiger partial charge < -0.3 is 14.6 Å². The fraction of sp³-hybridized carbons (Fsp3) is 0.407.